The van der Waals surface area contributed by atoms with E-state index in [4.69, 9.17) is 4.42 Å². The largest absolute Gasteiger partial charge is 0.439 e. The Morgan fingerprint density at radius 2 is 1.72 bits per heavy atom. The van der Waals surface area contributed by atoms with Crippen LogP contribution in [0.1, 0.15) is 5.89 Å². The maximum atomic E-state index is 5.54. The Labute approximate surface area is 104 Å². The zero-order valence-corrected chi connectivity index (χ0v) is 9.65. The Morgan fingerprint density at radius 1 is 0.944 bits per heavy atom. The number of fused-ring (bicyclic) bond motifs is 1. The van der Waals surface area contributed by atoms with Gasteiger partial charge in [0.25, 0.3) is 0 Å². The SMILES string of the molecule is c1ccc(N=NCc2nc3ccccc3o2)cc1. The normalized spacial score (nSPS) is 11.3. The van der Waals surface area contributed by atoms with Gasteiger partial charge in [-0.3, -0.25) is 0 Å². The monoisotopic (exact) mass is 237 g/mol. The van der Waals surface area contributed by atoms with Gasteiger partial charge < -0.3 is 4.42 Å². The Hall–Kier alpha value is -2.49. The lowest BCUT2D eigenvalue weighted by Gasteiger charge is -1.89. The molecule has 4 heteroatoms. The van der Waals surface area contributed by atoms with Crippen LogP contribution in [-0.2, 0) is 6.54 Å². The first kappa shape index (κ1) is 10.7. The molecule has 0 radical (unpaired) electrons. The highest BCUT2D eigenvalue weighted by Crippen LogP contribution is 2.16. The number of para-hydroxylation sites is 2. The average molecular weight is 237 g/mol. The van der Waals surface area contributed by atoms with E-state index in [9.17, 15) is 0 Å². The molecule has 0 atom stereocenters. The molecule has 0 fully saturated rings. The number of nitrogens with zero attached hydrogens (tertiary/aromatic N) is 3. The number of benzene rings is 2. The highest BCUT2D eigenvalue weighted by atomic mass is 16.3. The first-order chi connectivity index (χ1) is 8.92. The van der Waals surface area contributed by atoms with Gasteiger partial charge in [-0.15, -0.1) is 0 Å². The lowest BCUT2D eigenvalue weighted by molar-refractivity contribution is 0.529. The molecule has 0 aliphatic rings. The minimum Gasteiger partial charge on any atom is -0.439 e. The van der Waals surface area contributed by atoms with Crippen molar-refractivity contribution in [3.63, 3.8) is 0 Å². The number of oxazole rings is 1. The van der Waals surface area contributed by atoms with Crippen LogP contribution in [0.2, 0.25) is 0 Å². The Balaban J connectivity index is 1.75. The third-order valence-corrected chi connectivity index (χ3v) is 2.49. The van der Waals surface area contributed by atoms with Gasteiger partial charge in [-0.1, -0.05) is 30.3 Å². The maximum absolute atomic E-state index is 5.54. The lowest BCUT2D eigenvalue weighted by Crippen LogP contribution is -1.78. The van der Waals surface area contributed by atoms with E-state index in [0.29, 0.717) is 12.4 Å². The Bertz CT molecular complexity index is 641. The maximum Gasteiger partial charge on any atom is 0.219 e. The second-order valence-electron chi connectivity index (χ2n) is 3.81. The van der Waals surface area contributed by atoms with Gasteiger partial charge >= 0.3 is 0 Å². The van der Waals surface area contributed by atoms with Crippen molar-refractivity contribution in [1.29, 1.82) is 0 Å². The van der Waals surface area contributed by atoms with Gasteiger partial charge in [-0.2, -0.15) is 10.2 Å². The molecule has 88 valence electrons. The Kier molecular flexibility index (Phi) is 2.84. The van der Waals surface area contributed by atoms with E-state index >= 15 is 0 Å². The molecule has 0 amide bonds. The van der Waals surface area contributed by atoms with Gasteiger partial charge in [0.05, 0.1) is 5.69 Å². The second kappa shape index (κ2) is 4.79. The smallest absolute Gasteiger partial charge is 0.219 e. The zero-order valence-electron chi connectivity index (χ0n) is 9.65. The van der Waals surface area contributed by atoms with Crippen LogP contribution in [0.25, 0.3) is 11.1 Å². The Morgan fingerprint density at radius 3 is 2.56 bits per heavy atom. The predicted molar refractivity (Wildman–Crippen MR) is 68.7 cm³/mol. The fourth-order valence-corrected chi connectivity index (χ4v) is 1.66. The van der Waals surface area contributed by atoms with Crippen LogP contribution in [0.4, 0.5) is 5.69 Å². The minimum atomic E-state index is 0.351. The summed E-state index contributed by atoms with van der Waals surface area (Å²) in [4.78, 5) is 4.32. The molecule has 0 unspecified atom stereocenters. The fraction of sp³-hybridized carbons (Fsp3) is 0.0714. The van der Waals surface area contributed by atoms with Crippen LogP contribution in [-0.4, -0.2) is 4.98 Å². The summed E-state index contributed by atoms with van der Waals surface area (Å²) in [6, 6.07) is 17.2. The molecule has 0 saturated heterocycles. The molecule has 4 nitrogen and oxygen atoms in total. The van der Waals surface area contributed by atoms with Crippen LogP contribution in [0, 0.1) is 0 Å². The number of azo groups is 1. The third-order valence-electron chi connectivity index (χ3n) is 2.49. The van der Waals surface area contributed by atoms with Crippen molar-refractivity contribution in [1.82, 2.24) is 4.98 Å². The van der Waals surface area contributed by atoms with Crippen LogP contribution in [0.15, 0.2) is 69.2 Å². The molecule has 0 spiro atoms. The van der Waals surface area contributed by atoms with Crippen LogP contribution >= 0.6 is 0 Å². The fourth-order valence-electron chi connectivity index (χ4n) is 1.66. The van der Waals surface area contributed by atoms with E-state index in [1.807, 2.05) is 54.6 Å². The number of aromatic nitrogens is 1. The van der Waals surface area contributed by atoms with Crippen LogP contribution < -0.4 is 0 Å². The van der Waals surface area contributed by atoms with Crippen molar-refractivity contribution in [3.8, 4) is 0 Å². The quantitative estimate of drug-likeness (QED) is 0.643. The summed E-state index contributed by atoms with van der Waals surface area (Å²) in [5, 5.41) is 8.17. The van der Waals surface area contributed by atoms with E-state index in [1.54, 1.807) is 0 Å². The third kappa shape index (κ3) is 2.27. The van der Waals surface area contributed by atoms with E-state index < -0.39 is 0 Å². The molecule has 3 aromatic rings. The van der Waals surface area contributed by atoms with Gasteiger partial charge in [0.15, 0.2) is 5.58 Å². The van der Waals surface area contributed by atoms with Crippen molar-refractivity contribution in [2.45, 2.75) is 6.54 Å². The summed E-state index contributed by atoms with van der Waals surface area (Å²) >= 11 is 0. The van der Waals surface area contributed by atoms with Gasteiger partial charge in [-0.25, -0.2) is 4.98 Å². The summed E-state index contributed by atoms with van der Waals surface area (Å²) < 4.78 is 5.54. The molecular formula is C14H11N3O. The number of hydrogen-bond donors (Lipinski definition) is 0. The molecule has 3 rings (SSSR count). The van der Waals surface area contributed by atoms with Crippen molar-refractivity contribution in [2.24, 2.45) is 10.2 Å². The zero-order chi connectivity index (χ0) is 12.2. The first-order valence-electron chi connectivity index (χ1n) is 5.69. The predicted octanol–water partition coefficient (Wildman–Crippen LogP) is 4.11. The van der Waals surface area contributed by atoms with Crippen LogP contribution in [0.5, 0.6) is 0 Å². The standard InChI is InChI=1S/C14H11N3O/c1-2-6-11(7-3-1)17-15-10-14-16-12-8-4-5-9-13(12)18-14/h1-9H,10H2. The molecule has 2 aromatic carbocycles. The van der Waals surface area contributed by atoms with Crippen molar-refractivity contribution in [3.05, 3.63) is 60.5 Å². The first-order valence-corrected chi connectivity index (χ1v) is 5.69. The summed E-state index contributed by atoms with van der Waals surface area (Å²) in [6.45, 7) is 0.351. The summed E-state index contributed by atoms with van der Waals surface area (Å²) in [7, 11) is 0. The molecule has 0 N–H and O–H groups in total. The van der Waals surface area contributed by atoms with Crippen molar-refractivity contribution in [2.75, 3.05) is 0 Å². The molecule has 1 aromatic heterocycles. The van der Waals surface area contributed by atoms with E-state index in [2.05, 4.69) is 15.2 Å². The molecule has 0 aliphatic heterocycles. The average Bonchev–Trinajstić information content (AvgIpc) is 2.82. The molecule has 18 heavy (non-hydrogen) atoms. The molecule has 0 saturated carbocycles. The van der Waals surface area contributed by atoms with Gasteiger partial charge in [0.1, 0.15) is 12.1 Å². The van der Waals surface area contributed by atoms with E-state index in [-0.39, 0.29) is 0 Å². The molecule has 0 bridgehead atoms. The minimum absolute atomic E-state index is 0.351. The van der Waals surface area contributed by atoms with Crippen molar-refractivity contribution >= 4 is 16.8 Å². The summed E-state index contributed by atoms with van der Waals surface area (Å²) in [6.07, 6.45) is 0. The highest BCUT2D eigenvalue weighted by Gasteiger charge is 2.03. The topological polar surface area (TPSA) is 50.8 Å². The van der Waals surface area contributed by atoms with Gasteiger partial charge in [0.2, 0.25) is 5.89 Å². The van der Waals surface area contributed by atoms with E-state index in [1.165, 1.54) is 0 Å². The summed E-state index contributed by atoms with van der Waals surface area (Å²) in [5.74, 6) is 0.580. The second-order valence-corrected chi connectivity index (χ2v) is 3.81. The lowest BCUT2D eigenvalue weighted by atomic mass is 10.3. The number of rotatable bonds is 3. The van der Waals surface area contributed by atoms with Crippen molar-refractivity contribution < 1.29 is 4.42 Å². The molecule has 0 aliphatic carbocycles. The number of hydrogen-bond acceptors (Lipinski definition) is 4. The van der Waals surface area contributed by atoms with E-state index in [0.717, 1.165) is 16.8 Å². The highest BCUT2D eigenvalue weighted by molar-refractivity contribution is 5.72. The van der Waals surface area contributed by atoms with Crippen LogP contribution in [0.3, 0.4) is 0 Å². The van der Waals surface area contributed by atoms with Gasteiger partial charge in [0, 0.05) is 0 Å². The molecule has 1 heterocycles. The summed E-state index contributed by atoms with van der Waals surface area (Å²) in [5.41, 5.74) is 2.46. The van der Waals surface area contributed by atoms with Gasteiger partial charge in [-0.05, 0) is 24.3 Å². The molecular weight excluding hydrogens is 226 g/mol.